The van der Waals surface area contributed by atoms with Gasteiger partial charge in [0.2, 0.25) is 5.95 Å². The van der Waals surface area contributed by atoms with Crippen molar-refractivity contribution in [1.82, 2.24) is 9.97 Å². The van der Waals surface area contributed by atoms with Crippen LogP contribution in [-0.2, 0) is 10.2 Å². The molecular formula is C26H28N4O. The second-order valence-electron chi connectivity index (χ2n) is 8.78. The summed E-state index contributed by atoms with van der Waals surface area (Å²) in [5, 5.41) is 12.8. The van der Waals surface area contributed by atoms with Crippen molar-refractivity contribution in [2.45, 2.75) is 44.1 Å². The minimum absolute atomic E-state index is 0.0566. The van der Waals surface area contributed by atoms with Crippen molar-refractivity contribution in [2.24, 2.45) is 0 Å². The van der Waals surface area contributed by atoms with Crippen LogP contribution in [0.2, 0.25) is 0 Å². The summed E-state index contributed by atoms with van der Waals surface area (Å²) in [6.07, 6.45) is 4.68. The van der Waals surface area contributed by atoms with E-state index in [-0.39, 0.29) is 11.0 Å². The number of benzene rings is 2. The normalized spacial score (nSPS) is 20.0. The van der Waals surface area contributed by atoms with Crippen LogP contribution < -0.4 is 5.32 Å². The van der Waals surface area contributed by atoms with E-state index in [0.29, 0.717) is 11.5 Å². The number of hydrogen-bond donors (Lipinski definition) is 1. The molecule has 1 aromatic heterocycles. The van der Waals surface area contributed by atoms with Crippen molar-refractivity contribution in [3.63, 3.8) is 0 Å². The SMILES string of the molecule is CC1(C)CC(CCNc2nccc(-c3ccccc3C#N)n2)(c2ccccc2)CCO1. The molecule has 1 N–H and O–H groups in total. The van der Waals surface area contributed by atoms with Gasteiger partial charge in [-0.15, -0.1) is 0 Å². The Balaban J connectivity index is 1.52. The molecule has 2 heterocycles. The van der Waals surface area contributed by atoms with E-state index in [4.69, 9.17) is 4.74 Å². The summed E-state index contributed by atoms with van der Waals surface area (Å²) in [4.78, 5) is 9.06. The number of nitrogens with zero attached hydrogens (tertiary/aromatic N) is 3. The van der Waals surface area contributed by atoms with Gasteiger partial charge in [-0.05, 0) is 50.8 Å². The van der Waals surface area contributed by atoms with Gasteiger partial charge in [0.15, 0.2) is 0 Å². The number of hydrogen-bond acceptors (Lipinski definition) is 5. The first-order valence-electron chi connectivity index (χ1n) is 10.8. The van der Waals surface area contributed by atoms with Gasteiger partial charge in [0, 0.05) is 30.3 Å². The molecule has 0 aliphatic carbocycles. The van der Waals surface area contributed by atoms with E-state index in [9.17, 15) is 5.26 Å². The van der Waals surface area contributed by atoms with E-state index in [1.165, 1.54) is 5.56 Å². The lowest BCUT2D eigenvalue weighted by atomic mass is 9.67. The Morgan fingerprint density at radius 3 is 2.61 bits per heavy atom. The van der Waals surface area contributed by atoms with E-state index < -0.39 is 0 Å². The van der Waals surface area contributed by atoms with Gasteiger partial charge in [-0.1, -0.05) is 48.5 Å². The Kier molecular flexibility index (Phi) is 6.01. The van der Waals surface area contributed by atoms with Gasteiger partial charge < -0.3 is 10.1 Å². The summed E-state index contributed by atoms with van der Waals surface area (Å²) in [6.45, 7) is 5.88. The molecule has 1 fully saturated rings. The molecule has 0 spiro atoms. The summed E-state index contributed by atoms with van der Waals surface area (Å²) < 4.78 is 6.02. The molecule has 3 aromatic rings. The zero-order valence-corrected chi connectivity index (χ0v) is 18.1. The van der Waals surface area contributed by atoms with E-state index in [1.54, 1.807) is 12.3 Å². The summed E-state index contributed by atoms with van der Waals surface area (Å²) in [5.41, 5.74) is 3.46. The topological polar surface area (TPSA) is 70.8 Å². The molecular weight excluding hydrogens is 384 g/mol. The first kappa shape index (κ1) is 21.0. The molecule has 0 saturated carbocycles. The smallest absolute Gasteiger partial charge is 0.223 e. The van der Waals surface area contributed by atoms with Crippen molar-refractivity contribution in [2.75, 3.05) is 18.5 Å². The molecule has 1 aliphatic heterocycles. The van der Waals surface area contributed by atoms with Crippen molar-refractivity contribution in [3.8, 4) is 17.3 Å². The van der Waals surface area contributed by atoms with Gasteiger partial charge in [-0.2, -0.15) is 5.26 Å². The average molecular weight is 413 g/mol. The summed E-state index contributed by atoms with van der Waals surface area (Å²) in [7, 11) is 0. The molecule has 0 radical (unpaired) electrons. The molecule has 2 aromatic carbocycles. The summed E-state index contributed by atoms with van der Waals surface area (Å²) >= 11 is 0. The Labute approximate surface area is 184 Å². The highest BCUT2D eigenvalue weighted by atomic mass is 16.5. The van der Waals surface area contributed by atoms with E-state index in [2.05, 4.69) is 65.5 Å². The second kappa shape index (κ2) is 8.87. The van der Waals surface area contributed by atoms with Crippen molar-refractivity contribution in [1.29, 1.82) is 5.26 Å². The fourth-order valence-corrected chi connectivity index (χ4v) is 4.68. The summed E-state index contributed by atoms with van der Waals surface area (Å²) in [5.74, 6) is 0.583. The molecule has 31 heavy (non-hydrogen) atoms. The van der Waals surface area contributed by atoms with Crippen molar-refractivity contribution >= 4 is 5.95 Å². The average Bonchev–Trinajstić information content (AvgIpc) is 2.79. The number of aromatic nitrogens is 2. The van der Waals surface area contributed by atoms with Gasteiger partial charge in [0.25, 0.3) is 0 Å². The highest BCUT2D eigenvalue weighted by molar-refractivity contribution is 5.67. The minimum Gasteiger partial charge on any atom is -0.376 e. The third kappa shape index (κ3) is 4.76. The standard InChI is InChI=1S/C26H28N4O/c1-25(2)19-26(14-17-31-25,21-9-4-3-5-10-21)13-16-29-24-28-15-12-23(30-24)22-11-7-6-8-20(22)18-27/h3-12,15H,13-14,16-17,19H2,1-2H3,(H,28,29,30). The Bertz CT molecular complexity index is 1070. The number of nitrogens with one attached hydrogen (secondary N) is 1. The predicted molar refractivity (Wildman–Crippen MR) is 123 cm³/mol. The third-order valence-electron chi connectivity index (χ3n) is 6.09. The van der Waals surface area contributed by atoms with Crippen LogP contribution in [0, 0.1) is 11.3 Å². The first-order valence-corrected chi connectivity index (χ1v) is 10.8. The van der Waals surface area contributed by atoms with Crippen molar-refractivity contribution in [3.05, 3.63) is 78.0 Å². The fraction of sp³-hybridized carbons (Fsp3) is 0.346. The molecule has 1 aliphatic rings. The largest absolute Gasteiger partial charge is 0.376 e. The fourth-order valence-electron chi connectivity index (χ4n) is 4.68. The van der Waals surface area contributed by atoms with E-state index >= 15 is 0 Å². The molecule has 0 bridgehead atoms. The van der Waals surface area contributed by atoms with Crippen LogP contribution in [0.1, 0.15) is 44.2 Å². The third-order valence-corrected chi connectivity index (χ3v) is 6.09. The van der Waals surface area contributed by atoms with Crippen LogP contribution in [0.4, 0.5) is 5.95 Å². The molecule has 1 saturated heterocycles. The Morgan fingerprint density at radius 2 is 1.84 bits per heavy atom. The molecule has 158 valence electrons. The molecule has 1 atom stereocenters. The maximum Gasteiger partial charge on any atom is 0.223 e. The minimum atomic E-state index is -0.147. The van der Waals surface area contributed by atoms with Crippen molar-refractivity contribution < 1.29 is 4.74 Å². The lowest BCUT2D eigenvalue weighted by Crippen LogP contribution is -2.45. The number of ether oxygens (including phenoxy) is 1. The number of nitriles is 1. The molecule has 5 heteroatoms. The monoisotopic (exact) mass is 412 g/mol. The zero-order valence-electron chi connectivity index (χ0n) is 18.1. The van der Waals surface area contributed by atoms with Crippen LogP contribution in [0.25, 0.3) is 11.3 Å². The van der Waals surface area contributed by atoms with Gasteiger partial charge in [0.1, 0.15) is 0 Å². The van der Waals surface area contributed by atoms with Gasteiger partial charge in [-0.3, -0.25) is 0 Å². The Morgan fingerprint density at radius 1 is 1.06 bits per heavy atom. The van der Waals surface area contributed by atoms with E-state index in [1.807, 2.05) is 24.3 Å². The van der Waals surface area contributed by atoms with Crippen LogP contribution in [0.5, 0.6) is 0 Å². The molecule has 1 unspecified atom stereocenters. The maximum atomic E-state index is 9.39. The van der Waals surface area contributed by atoms with Crippen LogP contribution in [-0.4, -0.2) is 28.7 Å². The second-order valence-corrected chi connectivity index (χ2v) is 8.78. The molecule has 4 rings (SSSR count). The number of rotatable bonds is 6. The molecule has 0 amide bonds. The van der Waals surface area contributed by atoms with Crippen LogP contribution >= 0.6 is 0 Å². The lowest BCUT2D eigenvalue weighted by Gasteiger charge is -2.45. The highest BCUT2D eigenvalue weighted by Gasteiger charge is 2.41. The summed E-state index contributed by atoms with van der Waals surface area (Å²) in [6, 6.07) is 22.4. The molecule has 5 nitrogen and oxygen atoms in total. The van der Waals surface area contributed by atoms with Crippen LogP contribution in [0.15, 0.2) is 66.9 Å². The van der Waals surface area contributed by atoms with Gasteiger partial charge in [-0.25, -0.2) is 9.97 Å². The number of anilines is 1. The quantitative estimate of drug-likeness (QED) is 0.591. The van der Waals surface area contributed by atoms with E-state index in [0.717, 1.165) is 43.7 Å². The lowest BCUT2D eigenvalue weighted by molar-refractivity contribution is -0.0835. The first-order chi connectivity index (χ1) is 15.0. The highest BCUT2D eigenvalue weighted by Crippen LogP contribution is 2.43. The zero-order chi connectivity index (χ0) is 21.7. The maximum absolute atomic E-state index is 9.39. The Hall–Kier alpha value is -3.23. The predicted octanol–water partition coefficient (Wildman–Crippen LogP) is 5.34. The van der Waals surface area contributed by atoms with Gasteiger partial charge in [0.05, 0.1) is 22.9 Å². The van der Waals surface area contributed by atoms with Gasteiger partial charge >= 0.3 is 0 Å². The van der Waals surface area contributed by atoms with Crippen LogP contribution in [0.3, 0.4) is 0 Å².